The summed E-state index contributed by atoms with van der Waals surface area (Å²) in [4.78, 5) is 18.3. The van der Waals surface area contributed by atoms with Crippen molar-refractivity contribution in [3.05, 3.63) is 53.4 Å². The van der Waals surface area contributed by atoms with Gasteiger partial charge in [0.25, 0.3) is 0 Å². The molecule has 2 amide bonds. The summed E-state index contributed by atoms with van der Waals surface area (Å²) < 4.78 is 56.3. The molecule has 1 aliphatic carbocycles. The van der Waals surface area contributed by atoms with Gasteiger partial charge in [-0.05, 0) is 61.6 Å². The van der Waals surface area contributed by atoms with E-state index in [1.807, 2.05) is 18.2 Å². The molecule has 1 N–H and O–H groups in total. The maximum absolute atomic E-state index is 13.0. The van der Waals surface area contributed by atoms with Crippen molar-refractivity contribution >= 4 is 17.1 Å². The number of nitrogens with one attached hydrogen (secondary N) is 1. The summed E-state index contributed by atoms with van der Waals surface area (Å²) >= 11 is 0. The molecule has 0 radical (unpaired) electrons. The Balaban J connectivity index is 1.33. The van der Waals surface area contributed by atoms with Gasteiger partial charge in [-0.25, -0.2) is 9.78 Å². The van der Waals surface area contributed by atoms with Gasteiger partial charge in [-0.15, -0.1) is 0 Å². The number of fused-ring (bicyclic) bond motifs is 1. The molecule has 1 unspecified atom stereocenters. The van der Waals surface area contributed by atoms with Crippen molar-refractivity contribution in [1.29, 1.82) is 0 Å². The van der Waals surface area contributed by atoms with Crippen LogP contribution in [0.2, 0.25) is 0 Å². The lowest BCUT2D eigenvalue weighted by Crippen LogP contribution is -2.49. The molecule has 2 aliphatic rings. The fourth-order valence-electron chi connectivity index (χ4n) is 4.70. The number of alkyl halides is 3. The molecule has 35 heavy (non-hydrogen) atoms. The number of oxazole rings is 1. The highest BCUT2D eigenvalue weighted by Gasteiger charge is 2.32. The summed E-state index contributed by atoms with van der Waals surface area (Å²) in [5.74, 6) is 1.52. The number of amides is 2. The van der Waals surface area contributed by atoms with Crippen LogP contribution in [0.25, 0.3) is 11.1 Å². The number of nitrogens with zero attached hydrogens (tertiary/aromatic N) is 2. The number of methoxy groups -OCH3 is 1. The van der Waals surface area contributed by atoms with Crippen molar-refractivity contribution in [3.8, 4) is 11.5 Å². The van der Waals surface area contributed by atoms with Gasteiger partial charge in [0.1, 0.15) is 5.52 Å². The van der Waals surface area contributed by atoms with Crippen molar-refractivity contribution in [3.63, 3.8) is 0 Å². The van der Waals surface area contributed by atoms with E-state index in [4.69, 9.17) is 13.9 Å². The molecule has 7 nitrogen and oxygen atoms in total. The maximum atomic E-state index is 13.0. The molecule has 3 aromatic rings. The van der Waals surface area contributed by atoms with Crippen LogP contribution in [0.5, 0.6) is 11.5 Å². The zero-order valence-corrected chi connectivity index (χ0v) is 19.2. The number of rotatable bonds is 6. The van der Waals surface area contributed by atoms with Crippen molar-refractivity contribution in [2.45, 2.75) is 50.4 Å². The number of aromatic nitrogens is 1. The van der Waals surface area contributed by atoms with E-state index in [0.29, 0.717) is 24.6 Å². The molecule has 0 bridgehead atoms. The summed E-state index contributed by atoms with van der Waals surface area (Å²) in [6, 6.07) is 8.67. The van der Waals surface area contributed by atoms with Crippen LogP contribution in [0, 0.1) is 0 Å². The van der Waals surface area contributed by atoms with Crippen LogP contribution in [0.4, 0.5) is 18.0 Å². The van der Waals surface area contributed by atoms with E-state index in [-0.39, 0.29) is 41.6 Å². The fraction of sp³-hybridized carbons (Fsp3) is 0.440. The van der Waals surface area contributed by atoms with Crippen LogP contribution < -0.4 is 14.8 Å². The highest BCUT2D eigenvalue weighted by Crippen LogP contribution is 2.35. The van der Waals surface area contributed by atoms with E-state index in [9.17, 15) is 18.0 Å². The Morgan fingerprint density at radius 1 is 1.14 bits per heavy atom. The lowest BCUT2D eigenvalue weighted by atomic mass is 9.96. The fourth-order valence-corrected chi connectivity index (χ4v) is 4.70. The molecule has 186 valence electrons. The topological polar surface area (TPSA) is 76.8 Å². The average Bonchev–Trinajstić information content (AvgIpc) is 3.48. The molecule has 1 aromatic heterocycles. The minimum Gasteiger partial charge on any atom is -0.493 e. The molecule has 1 atom stereocenters. The van der Waals surface area contributed by atoms with Gasteiger partial charge in [0.05, 0.1) is 25.3 Å². The molecule has 1 saturated carbocycles. The highest BCUT2D eigenvalue weighted by molar-refractivity contribution is 5.76. The van der Waals surface area contributed by atoms with Crippen molar-refractivity contribution in [1.82, 2.24) is 15.2 Å². The van der Waals surface area contributed by atoms with Gasteiger partial charge in [-0.3, -0.25) is 0 Å². The zero-order chi connectivity index (χ0) is 24.6. The molecular weight excluding hydrogens is 463 g/mol. The molecule has 1 saturated heterocycles. The normalized spacial score (nSPS) is 19.3. The first-order chi connectivity index (χ1) is 16.8. The number of benzene rings is 2. The van der Waals surface area contributed by atoms with E-state index < -0.39 is 11.7 Å². The number of hydrogen-bond acceptors (Lipinski definition) is 5. The predicted molar refractivity (Wildman–Crippen MR) is 121 cm³/mol. The van der Waals surface area contributed by atoms with Gasteiger partial charge in [-0.2, -0.15) is 13.2 Å². The number of ether oxygens (including phenoxy) is 2. The highest BCUT2D eigenvalue weighted by atomic mass is 19.4. The molecular formula is C25H26F3N3O4. The van der Waals surface area contributed by atoms with E-state index in [1.165, 1.54) is 6.07 Å². The van der Waals surface area contributed by atoms with E-state index in [0.717, 1.165) is 43.4 Å². The molecule has 0 spiro atoms. The second-order valence-electron chi connectivity index (χ2n) is 8.99. The summed E-state index contributed by atoms with van der Waals surface area (Å²) in [7, 11) is 1.61. The quantitative estimate of drug-likeness (QED) is 0.496. The third kappa shape index (κ3) is 5.01. The minimum atomic E-state index is -4.47. The zero-order valence-electron chi connectivity index (χ0n) is 19.2. The van der Waals surface area contributed by atoms with Crippen LogP contribution in [0.3, 0.4) is 0 Å². The first kappa shape index (κ1) is 23.3. The summed E-state index contributed by atoms with van der Waals surface area (Å²) in [6.45, 7) is 0.889. The van der Waals surface area contributed by atoms with Crippen molar-refractivity contribution in [2.24, 2.45) is 0 Å². The van der Waals surface area contributed by atoms with Crippen LogP contribution in [-0.2, 0) is 12.7 Å². The maximum Gasteiger partial charge on any atom is 0.416 e. The first-order valence-corrected chi connectivity index (χ1v) is 11.6. The molecule has 2 heterocycles. The molecule has 10 heteroatoms. The van der Waals surface area contributed by atoms with Crippen LogP contribution in [0.1, 0.15) is 48.6 Å². The van der Waals surface area contributed by atoms with Crippen molar-refractivity contribution < 1.29 is 31.9 Å². The Morgan fingerprint density at radius 2 is 1.94 bits per heavy atom. The molecule has 2 fully saturated rings. The smallest absolute Gasteiger partial charge is 0.416 e. The second-order valence-corrected chi connectivity index (χ2v) is 8.99. The Labute approximate surface area is 200 Å². The number of halogens is 3. The third-order valence-corrected chi connectivity index (χ3v) is 6.57. The molecule has 1 aliphatic heterocycles. The van der Waals surface area contributed by atoms with E-state index in [2.05, 4.69) is 10.3 Å². The Kier molecular flexibility index (Phi) is 6.21. The van der Waals surface area contributed by atoms with Gasteiger partial charge in [-0.1, -0.05) is 6.07 Å². The van der Waals surface area contributed by atoms with Gasteiger partial charge in [0, 0.05) is 19.0 Å². The number of urea groups is 1. The lowest BCUT2D eigenvalue weighted by molar-refractivity contribution is -0.137. The summed E-state index contributed by atoms with van der Waals surface area (Å²) in [5.41, 5.74) is 0.547. The van der Waals surface area contributed by atoms with Gasteiger partial charge in [0.2, 0.25) is 5.89 Å². The molecule has 2 aromatic carbocycles. The van der Waals surface area contributed by atoms with Gasteiger partial charge >= 0.3 is 12.2 Å². The Hall–Kier alpha value is -3.43. The van der Waals surface area contributed by atoms with Crippen LogP contribution in [0.15, 0.2) is 40.8 Å². The number of hydrogen-bond donors (Lipinski definition) is 1. The largest absolute Gasteiger partial charge is 0.493 e. The first-order valence-electron chi connectivity index (χ1n) is 11.6. The molecule has 5 rings (SSSR count). The van der Waals surface area contributed by atoms with Crippen LogP contribution in [-0.4, -0.2) is 42.2 Å². The lowest BCUT2D eigenvalue weighted by Gasteiger charge is -2.33. The van der Waals surface area contributed by atoms with E-state index in [1.54, 1.807) is 12.0 Å². The van der Waals surface area contributed by atoms with Crippen LogP contribution >= 0.6 is 0 Å². The standard InChI is InChI=1S/C25H26F3N3O4/c1-33-21-8-6-15(10-22(21)34-18-4-2-3-5-18)16-12-29-24(32)31(13-16)14-23-30-19-11-17(25(26,27)28)7-9-20(19)35-23/h6-11,16,18H,2-5,12-14H2,1H3,(H,29,32). The number of carbonyl (C=O) groups excluding carboxylic acids is 1. The third-order valence-electron chi connectivity index (χ3n) is 6.57. The Bertz CT molecular complexity index is 1220. The van der Waals surface area contributed by atoms with Gasteiger partial charge in [0.15, 0.2) is 17.1 Å². The van der Waals surface area contributed by atoms with Gasteiger partial charge < -0.3 is 24.1 Å². The monoisotopic (exact) mass is 489 g/mol. The number of carbonyl (C=O) groups is 1. The summed E-state index contributed by atoms with van der Waals surface area (Å²) in [6.07, 6.45) is 0.0727. The van der Waals surface area contributed by atoms with E-state index >= 15 is 0 Å². The Morgan fingerprint density at radius 3 is 2.69 bits per heavy atom. The summed E-state index contributed by atoms with van der Waals surface area (Å²) in [5, 5.41) is 2.88. The predicted octanol–water partition coefficient (Wildman–Crippen LogP) is 5.49. The second kappa shape index (κ2) is 9.31. The van der Waals surface area contributed by atoms with Crippen molar-refractivity contribution in [2.75, 3.05) is 20.2 Å². The minimum absolute atomic E-state index is 0.0225. The average molecular weight is 489 g/mol. The SMILES string of the molecule is COc1ccc(C2CNC(=O)N(Cc3nc4cc(C(F)(F)F)ccc4o3)C2)cc1OC1CCCC1.